The number of aliphatic hydroxyl groups is 10. The number of carbonyl (C=O) groups excluding carboxylic acids is 3. The fraction of sp³-hybridized carbons (Fsp3) is 0.900. The molecule has 0 aromatic rings. The molecule has 0 aliphatic carbocycles. The van der Waals surface area contributed by atoms with Gasteiger partial charge in [0.05, 0.1) is 26.4 Å². The quantitative estimate of drug-likeness (QED) is 0.0679. The summed E-state index contributed by atoms with van der Waals surface area (Å²) in [4.78, 5) is 36.4. The van der Waals surface area contributed by atoms with Crippen molar-refractivity contribution in [2.45, 2.75) is 143 Å². The van der Waals surface area contributed by atoms with Gasteiger partial charge in [0.25, 0.3) is 0 Å². The Morgan fingerprint density at radius 1 is 0.534 bits per heavy atom. The zero-order chi connectivity index (χ0) is 43.4. The van der Waals surface area contributed by atoms with Gasteiger partial charge in [-0.3, -0.25) is 18.9 Å². The Bertz CT molecular complexity index is 1500. The average Bonchev–Trinajstić information content (AvgIpc) is 3.14. The molecule has 4 aliphatic heterocycles. The van der Waals surface area contributed by atoms with Gasteiger partial charge in [0.2, 0.25) is 17.7 Å². The monoisotopic (exact) mass is 869 g/mol. The maximum absolute atomic E-state index is 12.3. The third-order valence-corrected chi connectivity index (χ3v) is 10.0. The van der Waals surface area contributed by atoms with Crippen LogP contribution in [-0.4, -0.2) is 231 Å². The Morgan fingerprint density at radius 3 is 1.55 bits per heavy atom. The van der Waals surface area contributed by atoms with Gasteiger partial charge in [0, 0.05) is 20.8 Å². The van der Waals surface area contributed by atoms with Gasteiger partial charge in [-0.2, -0.15) is 8.42 Å². The zero-order valence-electron chi connectivity index (χ0n) is 31.0. The van der Waals surface area contributed by atoms with Crippen molar-refractivity contribution in [3.63, 3.8) is 0 Å². The van der Waals surface area contributed by atoms with Crippen molar-refractivity contribution in [1.29, 1.82) is 0 Å². The minimum absolute atomic E-state index is 0.724. The number of nitrogens with one attached hydrogen (secondary N) is 3. The van der Waals surface area contributed by atoms with Crippen LogP contribution in [0.4, 0.5) is 0 Å². The lowest BCUT2D eigenvalue weighted by Crippen LogP contribution is -2.70. The molecule has 28 heteroatoms. The SMILES string of the molecule is CC(=O)N[C@@H]1[C@@H](OC2O[C@H](CO)[C@@H](O)[C@H](O)[C@H]2NC(C)=O)[C@@H](O)[C@@H](COC2O[C@H](COS(=O)(=O)O)[C@@H](OC3O[C@H](CO)[C@H](O)[C@H](O)[C@H]3O)[C@H](O)[C@H]2NC(C)=O)O[C@@H]1O. The van der Waals surface area contributed by atoms with Gasteiger partial charge in [-0.05, 0) is 0 Å². The third kappa shape index (κ3) is 11.7. The molecule has 14 N–H and O–H groups in total. The summed E-state index contributed by atoms with van der Waals surface area (Å²) < 4.78 is 76.2. The van der Waals surface area contributed by atoms with Gasteiger partial charge in [-0.15, -0.1) is 0 Å². The first-order chi connectivity index (χ1) is 27.1. The van der Waals surface area contributed by atoms with Crippen LogP contribution in [0.2, 0.25) is 0 Å². The lowest BCUT2D eigenvalue weighted by molar-refractivity contribution is -0.353. The zero-order valence-corrected chi connectivity index (χ0v) is 31.8. The van der Waals surface area contributed by atoms with E-state index in [0.717, 1.165) is 20.8 Å². The topological polar surface area (TPSA) is 418 Å². The first-order valence-electron chi connectivity index (χ1n) is 17.7. The maximum Gasteiger partial charge on any atom is 0.397 e. The molecule has 0 aromatic heterocycles. The Balaban J connectivity index is 1.60. The lowest BCUT2D eigenvalue weighted by atomic mass is 9.94. The second kappa shape index (κ2) is 20.4. The van der Waals surface area contributed by atoms with Crippen LogP contribution in [0.25, 0.3) is 0 Å². The van der Waals surface area contributed by atoms with Crippen LogP contribution in [-0.2, 0) is 62.1 Å². The number of hydrogen-bond donors (Lipinski definition) is 14. The van der Waals surface area contributed by atoms with Crippen molar-refractivity contribution in [3.8, 4) is 0 Å². The van der Waals surface area contributed by atoms with E-state index in [2.05, 4.69) is 20.1 Å². The Hall–Kier alpha value is -2.40. The smallest absolute Gasteiger partial charge is 0.394 e. The van der Waals surface area contributed by atoms with Crippen molar-refractivity contribution in [3.05, 3.63) is 0 Å². The summed E-state index contributed by atoms with van der Waals surface area (Å²) in [6, 6.07) is -4.81. The van der Waals surface area contributed by atoms with Gasteiger partial charge < -0.3 is 100 Å². The minimum atomic E-state index is -5.20. The van der Waals surface area contributed by atoms with Gasteiger partial charge in [-0.1, -0.05) is 0 Å². The lowest BCUT2D eigenvalue weighted by Gasteiger charge is -2.48. The van der Waals surface area contributed by atoms with Crippen LogP contribution in [0.15, 0.2) is 0 Å². The van der Waals surface area contributed by atoms with E-state index in [4.69, 9.17) is 33.2 Å². The number of ether oxygens (including phenoxy) is 7. The van der Waals surface area contributed by atoms with Crippen LogP contribution in [0.1, 0.15) is 20.8 Å². The summed E-state index contributed by atoms with van der Waals surface area (Å²) in [6.45, 7) is -0.587. The second-order valence-corrected chi connectivity index (χ2v) is 15.0. The molecule has 3 amide bonds. The predicted octanol–water partition coefficient (Wildman–Crippen LogP) is -9.49. The Labute approximate surface area is 329 Å². The molecular formula is C30H51N3O24S. The highest BCUT2D eigenvalue weighted by atomic mass is 32.3. The summed E-state index contributed by atoms with van der Waals surface area (Å²) in [6.07, 6.45) is -31.0. The molecule has 27 nitrogen and oxygen atoms in total. The molecule has 4 heterocycles. The van der Waals surface area contributed by atoms with Crippen LogP contribution < -0.4 is 16.0 Å². The number of rotatable bonds is 15. The average molecular weight is 870 g/mol. The molecule has 20 atom stereocenters. The maximum atomic E-state index is 12.3. The standard InChI is InChI=1S/C30H51N3O24S/c1-8(36)31-15-21(42)18(39)11(4-34)53-29(15)57-26-17(33-10(3)38)27(46)52-13(20(26)41)6-50-28-16(32-9(2)37)22(43)25(14(55-28)7-51-58(47,48)49)56-30-24(45)23(44)19(40)12(5-35)54-30/h11-30,34-35,39-46H,4-7H2,1-3H3,(H,31,36)(H,32,37)(H,33,38)(H,47,48,49)/t11-,12-,13-,14-,15-,16-,17-,18-,19+,20+,21-,22-,23+,24-,25-,26-,27+,28?,29?,30?/m1/s1. The number of aliphatic hydroxyl groups excluding tert-OH is 10. The Kier molecular flexibility index (Phi) is 17.0. The normalized spacial score (nSPS) is 43.6. The summed E-state index contributed by atoms with van der Waals surface area (Å²) in [5.41, 5.74) is 0. The van der Waals surface area contributed by atoms with E-state index in [1.165, 1.54) is 0 Å². The van der Waals surface area contributed by atoms with Crippen molar-refractivity contribution in [2.75, 3.05) is 26.4 Å². The molecule has 4 fully saturated rings. The highest BCUT2D eigenvalue weighted by molar-refractivity contribution is 7.80. The molecule has 3 unspecified atom stereocenters. The van der Waals surface area contributed by atoms with Crippen molar-refractivity contribution in [2.24, 2.45) is 0 Å². The first kappa shape index (κ1) is 48.3. The van der Waals surface area contributed by atoms with Gasteiger partial charge in [0.1, 0.15) is 97.5 Å². The summed E-state index contributed by atoms with van der Waals surface area (Å²) in [5.74, 6) is -2.29. The summed E-state index contributed by atoms with van der Waals surface area (Å²) in [7, 11) is -5.20. The van der Waals surface area contributed by atoms with Gasteiger partial charge in [0.15, 0.2) is 25.2 Å². The van der Waals surface area contributed by atoms with Crippen LogP contribution in [0.5, 0.6) is 0 Å². The van der Waals surface area contributed by atoms with Gasteiger partial charge in [-0.25, -0.2) is 4.18 Å². The van der Waals surface area contributed by atoms with E-state index in [9.17, 15) is 78.4 Å². The first-order valence-corrected chi connectivity index (χ1v) is 19.1. The minimum Gasteiger partial charge on any atom is -0.394 e. The highest BCUT2D eigenvalue weighted by Gasteiger charge is 2.54. The number of carbonyl (C=O) groups is 3. The number of hydrogen-bond acceptors (Lipinski definition) is 23. The molecule has 0 saturated carbocycles. The van der Waals surface area contributed by atoms with Crippen LogP contribution >= 0.6 is 0 Å². The predicted molar refractivity (Wildman–Crippen MR) is 179 cm³/mol. The molecular weight excluding hydrogens is 818 g/mol. The summed E-state index contributed by atoms with van der Waals surface area (Å²) in [5, 5.41) is 112. The highest BCUT2D eigenvalue weighted by Crippen LogP contribution is 2.33. The van der Waals surface area contributed by atoms with Gasteiger partial charge >= 0.3 is 10.4 Å². The molecule has 0 aromatic carbocycles. The summed E-state index contributed by atoms with van der Waals surface area (Å²) >= 11 is 0. The molecule has 4 aliphatic rings. The molecule has 0 bridgehead atoms. The molecule has 4 saturated heterocycles. The largest absolute Gasteiger partial charge is 0.397 e. The molecule has 58 heavy (non-hydrogen) atoms. The van der Waals surface area contributed by atoms with E-state index in [-0.39, 0.29) is 0 Å². The Morgan fingerprint density at radius 2 is 1.02 bits per heavy atom. The molecule has 0 spiro atoms. The second-order valence-electron chi connectivity index (χ2n) is 13.9. The molecule has 0 radical (unpaired) electrons. The van der Waals surface area contributed by atoms with E-state index >= 15 is 0 Å². The van der Waals surface area contributed by atoms with E-state index in [0.29, 0.717) is 0 Å². The fourth-order valence-electron chi connectivity index (χ4n) is 6.79. The third-order valence-electron chi connectivity index (χ3n) is 9.59. The van der Waals surface area contributed by atoms with Crippen molar-refractivity contribution in [1.82, 2.24) is 16.0 Å². The van der Waals surface area contributed by atoms with Crippen molar-refractivity contribution < 1.29 is 116 Å². The molecule has 336 valence electrons. The van der Waals surface area contributed by atoms with Crippen molar-refractivity contribution >= 4 is 28.1 Å². The van der Waals surface area contributed by atoms with E-state index < -0.39 is 177 Å². The van der Waals surface area contributed by atoms with Crippen LogP contribution in [0.3, 0.4) is 0 Å². The number of amides is 3. The van der Waals surface area contributed by atoms with E-state index in [1.54, 1.807) is 0 Å². The van der Waals surface area contributed by atoms with Crippen LogP contribution in [0, 0.1) is 0 Å². The van der Waals surface area contributed by atoms with E-state index in [1.807, 2.05) is 0 Å². The fourth-order valence-corrected chi connectivity index (χ4v) is 7.10. The molecule has 4 rings (SSSR count).